The smallest absolute Gasteiger partial charge is 0.336 e. The third-order valence-electron chi connectivity index (χ3n) is 4.37. The molecule has 0 saturated carbocycles. The number of benzene rings is 2. The Morgan fingerprint density at radius 1 is 1.23 bits per heavy atom. The Bertz CT molecular complexity index is 1140. The third kappa shape index (κ3) is 5.20. The van der Waals surface area contributed by atoms with Crippen molar-refractivity contribution in [3.05, 3.63) is 74.1 Å². The number of rotatable bonds is 7. The summed E-state index contributed by atoms with van der Waals surface area (Å²) in [6.07, 6.45) is 2.21. The monoisotopic (exact) mass is 446 g/mol. The van der Waals surface area contributed by atoms with Gasteiger partial charge in [-0.15, -0.1) is 0 Å². The zero-order valence-electron chi connectivity index (χ0n) is 16.4. The molecule has 0 aliphatic rings. The van der Waals surface area contributed by atoms with Crippen LogP contribution in [0.1, 0.15) is 31.4 Å². The molecule has 1 heterocycles. The first-order valence-corrected chi connectivity index (χ1v) is 10.1. The molecular weight excluding hydrogens is 427 g/mol. The van der Waals surface area contributed by atoms with Gasteiger partial charge in [0.15, 0.2) is 6.10 Å². The topological polar surface area (TPSA) is 80.9 Å². The van der Waals surface area contributed by atoms with E-state index in [1.165, 1.54) is 12.3 Å². The first kappa shape index (κ1) is 21.9. The fourth-order valence-corrected chi connectivity index (χ4v) is 3.40. The lowest BCUT2D eigenvalue weighted by atomic mass is 10.1. The number of ether oxygens (including phenoxy) is 1. The summed E-state index contributed by atoms with van der Waals surface area (Å²) in [7, 11) is 0. The second kappa shape index (κ2) is 9.78. The van der Waals surface area contributed by atoms with Crippen molar-refractivity contribution in [2.75, 3.05) is 0 Å². The van der Waals surface area contributed by atoms with Crippen LogP contribution in [0.3, 0.4) is 0 Å². The predicted molar refractivity (Wildman–Crippen MR) is 119 cm³/mol. The minimum Gasteiger partial charge on any atom is -0.481 e. The molecule has 0 unspecified atom stereocenters. The minimum atomic E-state index is -0.841. The van der Waals surface area contributed by atoms with Crippen molar-refractivity contribution >= 4 is 46.3 Å². The van der Waals surface area contributed by atoms with Crippen LogP contribution in [0.4, 0.5) is 0 Å². The van der Waals surface area contributed by atoms with Crippen molar-refractivity contribution in [3.8, 4) is 5.75 Å². The van der Waals surface area contributed by atoms with Gasteiger partial charge in [0.25, 0.3) is 5.91 Å². The van der Waals surface area contributed by atoms with Crippen molar-refractivity contribution in [3.63, 3.8) is 0 Å². The van der Waals surface area contributed by atoms with Crippen molar-refractivity contribution in [1.82, 2.24) is 5.43 Å². The van der Waals surface area contributed by atoms with E-state index in [2.05, 4.69) is 10.5 Å². The summed E-state index contributed by atoms with van der Waals surface area (Å²) in [5, 5.41) is 5.58. The van der Waals surface area contributed by atoms with Gasteiger partial charge >= 0.3 is 5.63 Å². The van der Waals surface area contributed by atoms with E-state index in [1.807, 2.05) is 13.0 Å². The summed E-state index contributed by atoms with van der Waals surface area (Å²) in [4.78, 5) is 24.1. The Labute approximate surface area is 183 Å². The first-order valence-electron chi connectivity index (χ1n) is 9.39. The molecule has 3 aromatic rings. The summed E-state index contributed by atoms with van der Waals surface area (Å²) < 4.78 is 11.0. The highest BCUT2D eigenvalue weighted by Gasteiger charge is 2.15. The number of aryl methyl sites for hydroxylation is 1. The lowest BCUT2D eigenvalue weighted by molar-refractivity contribution is -0.127. The average molecular weight is 447 g/mol. The number of hydrazone groups is 1. The van der Waals surface area contributed by atoms with Gasteiger partial charge < -0.3 is 9.15 Å². The largest absolute Gasteiger partial charge is 0.481 e. The van der Waals surface area contributed by atoms with Crippen molar-refractivity contribution in [2.45, 2.75) is 32.8 Å². The molecule has 0 aliphatic carbocycles. The van der Waals surface area contributed by atoms with E-state index >= 15 is 0 Å². The van der Waals surface area contributed by atoms with E-state index in [1.54, 1.807) is 37.3 Å². The van der Waals surface area contributed by atoms with Crippen LogP contribution in [0.15, 0.2) is 56.8 Å². The molecule has 1 aromatic heterocycles. The maximum atomic E-state index is 12.3. The highest BCUT2D eigenvalue weighted by molar-refractivity contribution is 6.38. The molecule has 156 valence electrons. The number of fused-ring (bicyclic) bond motifs is 1. The molecular formula is C22H20Cl2N2O4. The van der Waals surface area contributed by atoms with Crippen LogP contribution in [0.25, 0.3) is 11.0 Å². The summed E-state index contributed by atoms with van der Waals surface area (Å²) in [5.74, 6) is -0.0595. The van der Waals surface area contributed by atoms with Crippen LogP contribution >= 0.6 is 23.2 Å². The molecule has 3 rings (SSSR count). The molecule has 1 N–H and O–H groups in total. The number of halogens is 2. The van der Waals surface area contributed by atoms with E-state index in [0.29, 0.717) is 26.9 Å². The van der Waals surface area contributed by atoms with Gasteiger partial charge in [0.1, 0.15) is 11.3 Å². The van der Waals surface area contributed by atoms with Crippen LogP contribution < -0.4 is 15.8 Å². The van der Waals surface area contributed by atoms with E-state index in [4.69, 9.17) is 32.4 Å². The summed E-state index contributed by atoms with van der Waals surface area (Å²) in [6, 6.07) is 11.7. The molecule has 0 bridgehead atoms. The molecule has 1 amide bonds. The Morgan fingerprint density at radius 3 is 2.67 bits per heavy atom. The molecule has 2 aromatic carbocycles. The van der Waals surface area contributed by atoms with Crippen molar-refractivity contribution in [2.24, 2.45) is 5.10 Å². The molecule has 0 saturated heterocycles. The van der Waals surface area contributed by atoms with Gasteiger partial charge in [0.05, 0.1) is 16.3 Å². The van der Waals surface area contributed by atoms with Gasteiger partial charge in [-0.2, -0.15) is 5.10 Å². The molecule has 8 heteroatoms. The summed E-state index contributed by atoms with van der Waals surface area (Å²) >= 11 is 12.1. The summed E-state index contributed by atoms with van der Waals surface area (Å²) in [6.45, 7) is 3.63. The van der Waals surface area contributed by atoms with Gasteiger partial charge in [-0.25, -0.2) is 10.2 Å². The number of nitrogens with one attached hydrogen (secondary N) is 1. The van der Waals surface area contributed by atoms with Gasteiger partial charge in [-0.3, -0.25) is 4.79 Å². The average Bonchev–Trinajstić information content (AvgIpc) is 2.70. The van der Waals surface area contributed by atoms with Crippen LogP contribution in [0, 0.1) is 0 Å². The van der Waals surface area contributed by atoms with Crippen molar-refractivity contribution < 1.29 is 13.9 Å². The Balaban J connectivity index is 1.70. The molecule has 6 nitrogen and oxygen atoms in total. The molecule has 1 atom stereocenters. The molecule has 30 heavy (non-hydrogen) atoms. The number of nitrogens with zero attached hydrogens (tertiary/aromatic N) is 1. The standard InChI is InChI=1S/C22H20Cl2N2O4/c1-3-5-14-10-21(27)30-20-11-15(8-9-16(14)20)29-13(2)22(28)26-25-12-17-18(23)6-4-7-19(17)24/h4,6-13H,3,5H2,1-2H3,(H,26,28)/b25-12-/t13-/m1/s1. The van der Waals surface area contributed by atoms with Crippen molar-refractivity contribution in [1.29, 1.82) is 0 Å². The fraction of sp³-hybridized carbons (Fsp3) is 0.227. The quantitative estimate of drug-likeness (QED) is 0.315. The van der Waals surface area contributed by atoms with Crippen LogP contribution in [-0.2, 0) is 11.2 Å². The SMILES string of the molecule is CCCc1cc(=O)oc2cc(O[C@H](C)C(=O)N/N=C\c3c(Cl)cccc3Cl)ccc12. The predicted octanol–water partition coefficient (Wildman–Crippen LogP) is 4.97. The maximum absolute atomic E-state index is 12.3. The third-order valence-corrected chi connectivity index (χ3v) is 5.03. The zero-order chi connectivity index (χ0) is 21.7. The summed E-state index contributed by atoms with van der Waals surface area (Å²) in [5.41, 5.74) is 3.82. The maximum Gasteiger partial charge on any atom is 0.336 e. The lowest BCUT2D eigenvalue weighted by Gasteiger charge is -2.13. The first-order chi connectivity index (χ1) is 14.4. The van der Waals surface area contributed by atoms with Crippen LogP contribution in [0.2, 0.25) is 10.0 Å². The highest BCUT2D eigenvalue weighted by Crippen LogP contribution is 2.24. The van der Waals surface area contributed by atoms with E-state index < -0.39 is 17.6 Å². The fourth-order valence-electron chi connectivity index (χ4n) is 2.90. The second-order valence-electron chi connectivity index (χ2n) is 6.63. The number of hydrogen-bond donors (Lipinski definition) is 1. The molecule has 0 radical (unpaired) electrons. The van der Waals surface area contributed by atoms with Gasteiger partial charge in [0.2, 0.25) is 0 Å². The molecule has 0 aliphatic heterocycles. The Hall–Kier alpha value is -2.83. The highest BCUT2D eigenvalue weighted by atomic mass is 35.5. The van der Waals surface area contributed by atoms with Gasteiger partial charge in [0, 0.05) is 23.1 Å². The normalized spacial score (nSPS) is 12.3. The van der Waals surface area contributed by atoms with Gasteiger partial charge in [-0.05, 0) is 43.2 Å². The number of amides is 1. The second-order valence-corrected chi connectivity index (χ2v) is 7.44. The van der Waals surface area contributed by atoms with E-state index in [0.717, 1.165) is 23.8 Å². The van der Waals surface area contributed by atoms with E-state index in [9.17, 15) is 9.59 Å². The molecule has 0 fully saturated rings. The van der Waals surface area contributed by atoms with E-state index in [-0.39, 0.29) is 0 Å². The van der Waals surface area contributed by atoms with Gasteiger partial charge in [-0.1, -0.05) is 42.6 Å². The number of hydrogen-bond acceptors (Lipinski definition) is 5. The van der Waals surface area contributed by atoms with Crippen LogP contribution in [0.5, 0.6) is 5.75 Å². The molecule has 0 spiro atoms. The lowest BCUT2D eigenvalue weighted by Crippen LogP contribution is -2.33. The number of carbonyl (C=O) groups is 1. The number of carbonyl (C=O) groups excluding carboxylic acids is 1. The zero-order valence-corrected chi connectivity index (χ0v) is 18.0. The minimum absolute atomic E-state index is 0.403. The Kier molecular flexibility index (Phi) is 7.13. The Morgan fingerprint density at radius 2 is 1.97 bits per heavy atom. The van der Waals surface area contributed by atoms with Crippen LogP contribution in [-0.4, -0.2) is 18.2 Å².